The van der Waals surface area contributed by atoms with Crippen LogP contribution in [0.4, 0.5) is 0 Å². The van der Waals surface area contributed by atoms with Gasteiger partial charge in [-0.05, 0) is 32.1 Å². The largest absolute Gasteiger partial charge is 0.748 e. The summed E-state index contributed by atoms with van der Waals surface area (Å²) in [6.45, 7) is 9.48. The smallest absolute Gasteiger partial charge is 0.0916 e. The van der Waals surface area contributed by atoms with E-state index in [1.807, 2.05) is 0 Å². The molecule has 0 fully saturated rings. The van der Waals surface area contributed by atoms with E-state index in [4.69, 9.17) is 13.0 Å². The molecule has 0 atom stereocenters. The molecule has 0 aliphatic carbocycles. The van der Waals surface area contributed by atoms with Gasteiger partial charge in [-0.3, -0.25) is 0 Å². The minimum absolute atomic E-state index is 0.604. The third-order valence-electron chi connectivity index (χ3n) is 6.94. The van der Waals surface area contributed by atoms with Gasteiger partial charge in [-0.15, -0.1) is 0 Å². The van der Waals surface area contributed by atoms with Gasteiger partial charge in [0.1, 0.15) is 0 Å². The maximum Gasteiger partial charge on any atom is 0.0916 e. The van der Waals surface area contributed by atoms with Crippen molar-refractivity contribution < 1.29 is 13.0 Å². The molecule has 0 aliphatic rings. The molecule has 0 heterocycles. The lowest BCUT2D eigenvalue weighted by atomic mass is 10.0. The van der Waals surface area contributed by atoms with E-state index in [0.29, 0.717) is 6.26 Å². The van der Waals surface area contributed by atoms with Crippen LogP contribution >= 0.6 is 7.26 Å². The van der Waals surface area contributed by atoms with E-state index in [1.165, 1.54) is 122 Å². The summed E-state index contributed by atoms with van der Waals surface area (Å²) < 4.78 is 27.2. The van der Waals surface area contributed by atoms with E-state index >= 15 is 0 Å². The zero-order chi connectivity index (χ0) is 26.0. The van der Waals surface area contributed by atoms with Crippen molar-refractivity contribution in [2.45, 2.75) is 156 Å². The van der Waals surface area contributed by atoms with Gasteiger partial charge in [0, 0.05) is 13.5 Å². The van der Waals surface area contributed by atoms with E-state index in [-0.39, 0.29) is 0 Å². The third kappa shape index (κ3) is 30.4. The first-order valence-electron chi connectivity index (χ1n) is 15.0. The monoisotopic (exact) mass is 522 g/mol. The number of rotatable bonds is 24. The Morgan fingerprint density at radius 3 is 0.912 bits per heavy atom. The average Bonchev–Trinajstić information content (AvgIpc) is 2.78. The van der Waals surface area contributed by atoms with Crippen molar-refractivity contribution in [2.24, 2.45) is 0 Å². The van der Waals surface area contributed by atoms with Crippen LogP contribution in [0.3, 0.4) is 0 Å². The molecule has 0 aliphatic heterocycles. The van der Waals surface area contributed by atoms with Gasteiger partial charge in [-0.25, -0.2) is 8.42 Å². The van der Waals surface area contributed by atoms with Crippen LogP contribution < -0.4 is 0 Å². The van der Waals surface area contributed by atoms with E-state index in [0.717, 1.165) is 0 Å². The van der Waals surface area contributed by atoms with Crippen LogP contribution in [0, 0.1) is 0 Å². The van der Waals surface area contributed by atoms with Crippen LogP contribution in [0.2, 0.25) is 0 Å². The van der Waals surface area contributed by atoms with Gasteiger partial charge in [-0.1, -0.05) is 124 Å². The molecule has 208 valence electrons. The van der Waals surface area contributed by atoms with Crippen molar-refractivity contribution in [1.82, 2.24) is 0 Å². The molecule has 0 amide bonds. The van der Waals surface area contributed by atoms with Gasteiger partial charge in [0.05, 0.1) is 34.8 Å². The number of hydrogen-bond donors (Lipinski definition) is 0. The van der Waals surface area contributed by atoms with Crippen LogP contribution in [0.25, 0.3) is 0 Å². The molecule has 0 N–H and O–H groups in total. The molecule has 0 saturated carbocycles. The summed E-state index contributed by atoms with van der Waals surface area (Å²) in [5, 5.41) is 0. The zero-order valence-electron chi connectivity index (χ0n) is 24.1. The van der Waals surface area contributed by atoms with Crippen molar-refractivity contribution in [3.8, 4) is 0 Å². The summed E-state index contributed by atoms with van der Waals surface area (Å²) >= 11 is 0. The minimum atomic E-state index is -3.92. The fraction of sp³-hybridized carbons (Fsp3) is 1.00. The molecular weight excluding hydrogens is 459 g/mol. The Morgan fingerprint density at radius 1 is 0.441 bits per heavy atom. The fourth-order valence-electron chi connectivity index (χ4n) is 4.79. The molecule has 0 unspecified atom stereocenters. The minimum Gasteiger partial charge on any atom is -0.748 e. The second kappa shape index (κ2) is 26.4. The molecule has 3 nitrogen and oxygen atoms in total. The lowest BCUT2D eigenvalue weighted by Crippen LogP contribution is -2.13. The van der Waals surface area contributed by atoms with Gasteiger partial charge in [-0.2, -0.15) is 0 Å². The Hall–Kier alpha value is 0.340. The standard InChI is InChI=1S/C28H60P.CH4O3S/c1-5-9-13-14-15-16-17-18-19-20-21-22-23-24-28-29(25-10-6-2,26-11-7-3)27-12-8-4;1-5(2,3)4/h5-28H2,1-4H3;1H3,(H,2,3,4)/q+1;/p-1. The quantitative estimate of drug-likeness (QED) is 0.0719. The van der Waals surface area contributed by atoms with Crippen molar-refractivity contribution in [3.05, 3.63) is 0 Å². The Balaban J connectivity index is 0. The first-order valence-corrected chi connectivity index (χ1v) is 19.3. The van der Waals surface area contributed by atoms with E-state index in [1.54, 1.807) is 31.1 Å². The van der Waals surface area contributed by atoms with Gasteiger partial charge < -0.3 is 4.55 Å². The van der Waals surface area contributed by atoms with Crippen molar-refractivity contribution in [2.75, 3.05) is 30.9 Å². The van der Waals surface area contributed by atoms with Crippen LogP contribution in [-0.4, -0.2) is 43.9 Å². The van der Waals surface area contributed by atoms with Crippen LogP contribution in [0.5, 0.6) is 0 Å². The Morgan fingerprint density at radius 2 is 0.647 bits per heavy atom. The molecule has 5 heteroatoms. The van der Waals surface area contributed by atoms with Crippen LogP contribution in [0.15, 0.2) is 0 Å². The molecule has 0 rings (SSSR count). The highest BCUT2D eigenvalue weighted by Crippen LogP contribution is 2.61. The SMILES string of the molecule is CCCCCCCCCCCCCCCC[P+](CCCC)(CCCC)CCCC.CS(=O)(=O)[O-]. The molecule has 34 heavy (non-hydrogen) atoms. The Kier molecular flexibility index (Phi) is 28.3. The predicted molar refractivity (Wildman–Crippen MR) is 157 cm³/mol. The van der Waals surface area contributed by atoms with E-state index in [9.17, 15) is 0 Å². The molecule has 0 bridgehead atoms. The fourth-order valence-corrected chi connectivity index (χ4v) is 9.99. The zero-order valence-corrected chi connectivity index (χ0v) is 25.8. The van der Waals surface area contributed by atoms with Gasteiger partial charge in [0.25, 0.3) is 0 Å². The van der Waals surface area contributed by atoms with Crippen molar-refractivity contribution >= 4 is 17.4 Å². The average molecular weight is 523 g/mol. The molecular formula is C29H63O3PS. The maximum atomic E-state index is 9.08. The number of unbranched alkanes of at least 4 members (excludes halogenated alkanes) is 16. The highest BCUT2D eigenvalue weighted by Gasteiger charge is 2.34. The third-order valence-corrected chi connectivity index (χ3v) is 12.0. The predicted octanol–water partition coefficient (Wildman–Crippen LogP) is 10.0. The maximum absolute atomic E-state index is 9.08. The van der Waals surface area contributed by atoms with E-state index < -0.39 is 17.4 Å². The highest BCUT2D eigenvalue weighted by atomic mass is 32.2. The van der Waals surface area contributed by atoms with E-state index in [2.05, 4.69) is 27.7 Å². The summed E-state index contributed by atoms with van der Waals surface area (Å²) in [5.41, 5.74) is 0. The van der Waals surface area contributed by atoms with Gasteiger partial charge >= 0.3 is 0 Å². The summed E-state index contributed by atoms with van der Waals surface area (Å²) in [7, 11) is -4.55. The van der Waals surface area contributed by atoms with Gasteiger partial charge in [0.15, 0.2) is 0 Å². The van der Waals surface area contributed by atoms with Crippen LogP contribution in [-0.2, 0) is 10.1 Å². The Labute approximate surface area is 217 Å². The van der Waals surface area contributed by atoms with Crippen molar-refractivity contribution in [3.63, 3.8) is 0 Å². The first-order chi connectivity index (χ1) is 16.2. The van der Waals surface area contributed by atoms with Crippen molar-refractivity contribution in [1.29, 1.82) is 0 Å². The highest BCUT2D eigenvalue weighted by molar-refractivity contribution is 7.84. The molecule has 0 radical (unpaired) electrons. The number of hydrogen-bond acceptors (Lipinski definition) is 3. The molecule has 0 saturated heterocycles. The lowest BCUT2D eigenvalue weighted by molar-refractivity contribution is 0.470. The second-order valence-corrected chi connectivity index (χ2v) is 16.5. The summed E-state index contributed by atoms with van der Waals surface area (Å²) in [4.78, 5) is 0. The lowest BCUT2D eigenvalue weighted by Gasteiger charge is -2.28. The molecule has 0 spiro atoms. The molecule has 0 aromatic carbocycles. The topological polar surface area (TPSA) is 57.2 Å². The summed E-state index contributed by atoms with van der Waals surface area (Å²) in [5.74, 6) is 0. The molecule has 0 aromatic heterocycles. The van der Waals surface area contributed by atoms with Gasteiger partial charge in [0.2, 0.25) is 0 Å². The molecule has 0 aromatic rings. The second-order valence-electron chi connectivity index (χ2n) is 10.6. The summed E-state index contributed by atoms with van der Waals surface area (Å²) in [6, 6.07) is 0. The Bertz CT molecular complexity index is 464. The normalized spacial score (nSPS) is 11.9. The van der Waals surface area contributed by atoms with Crippen LogP contribution in [0.1, 0.15) is 156 Å². The summed E-state index contributed by atoms with van der Waals surface area (Å²) in [6.07, 6.45) is 36.6. The first kappa shape index (κ1) is 36.5.